The number of amides is 2. The third-order valence-corrected chi connectivity index (χ3v) is 3.50. The zero-order valence-electron chi connectivity index (χ0n) is 11.1. The van der Waals surface area contributed by atoms with Crippen LogP contribution in [0.4, 0.5) is 4.79 Å². The lowest BCUT2D eigenvalue weighted by atomic mass is 10.1. The van der Waals surface area contributed by atoms with Crippen LogP contribution in [0.2, 0.25) is 0 Å². The lowest BCUT2D eigenvalue weighted by molar-refractivity contribution is 0.143. The molecular formula is C15H22N2O. The standard InChI is InChI=1S/C15H22N2O/c1-2-16(13-14-9-5-3-6-10-14)15(18)17-11-7-4-8-12-17/h3,5-6,9-10H,2,4,7-8,11-13H2,1H3. The number of hydrogen-bond acceptors (Lipinski definition) is 1. The third kappa shape index (κ3) is 3.25. The van der Waals surface area contributed by atoms with Gasteiger partial charge in [-0.05, 0) is 31.7 Å². The molecule has 1 aromatic rings. The van der Waals surface area contributed by atoms with Gasteiger partial charge in [0.15, 0.2) is 0 Å². The predicted octanol–water partition coefficient (Wildman–Crippen LogP) is 3.11. The van der Waals surface area contributed by atoms with E-state index in [2.05, 4.69) is 12.1 Å². The summed E-state index contributed by atoms with van der Waals surface area (Å²) in [5.74, 6) is 0. The quantitative estimate of drug-likeness (QED) is 0.804. The van der Waals surface area contributed by atoms with Gasteiger partial charge in [-0.3, -0.25) is 0 Å². The lowest BCUT2D eigenvalue weighted by Gasteiger charge is -2.32. The Morgan fingerprint density at radius 3 is 2.44 bits per heavy atom. The Hall–Kier alpha value is -1.51. The van der Waals surface area contributed by atoms with Crippen LogP contribution in [0.15, 0.2) is 30.3 Å². The number of nitrogens with zero attached hydrogens (tertiary/aromatic N) is 2. The largest absolute Gasteiger partial charge is 0.325 e. The summed E-state index contributed by atoms with van der Waals surface area (Å²) in [5.41, 5.74) is 1.20. The number of likely N-dealkylation sites (tertiary alicyclic amines) is 1. The molecule has 0 bridgehead atoms. The molecule has 3 nitrogen and oxygen atoms in total. The van der Waals surface area contributed by atoms with Crippen LogP contribution in [0.5, 0.6) is 0 Å². The molecule has 0 radical (unpaired) electrons. The summed E-state index contributed by atoms with van der Waals surface area (Å²) in [6.07, 6.45) is 3.55. The molecule has 3 heteroatoms. The highest BCUT2D eigenvalue weighted by Gasteiger charge is 2.21. The normalized spacial score (nSPS) is 15.5. The monoisotopic (exact) mass is 246 g/mol. The summed E-state index contributed by atoms with van der Waals surface area (Å²) in [7, 11) is 0. The smallest absolute Gasteiger partial charge is 0.320 e. The fraction of sp³-hybridized carbons (Fsp3) is 0.533. The van der Waals surface area contributed by atoms with E-state index in [0.29, 0.717) is 6.54 Å². The van der Waals surface area contributed by atoms with Gasteiger partial charge in [-0.1, -0.05) is 30.3 Å². The molecule has 0 unspecified atom stereocenters. The maximum Gasteiger partial charge on any atom is 0.320 e. The van der Waals surface area contributed by atoms with E-state index in [9.17, 15) is 4.79 Å². The van der Waals surface area contributed by atoms with E-state index in [0.717, 1.165) is 32.5 Å². The van der Waals surface area contributed by atoms with Crippen LogP contribution in [0.25, 0.3) is 0 Å². The van der Waals surface area contributed by atoms with Gasteiger partial charge in [-0.25, -0.2) is 4.79 Å². The van der Waals surface area contributed by atoms with E-state index < -0.39 is 0 Å². The van der Waals surface area contributed by atoms with E-state index in [1.165, 1.54) is 12.0 Å². The lowest BCUT2D eigenvalue weighted by Crippen LogP contribution is -2.45. The second kappa shape index (κ2) is 6.43. The molecule has 1 heterocycles. The summed E-state index contributed by atoms with van der Waals surface area (Å²) < 4.78 is 0. The molecule has 1 fully saturated rings. The topological polar surface area (TPSA) is 23.6 Å². The minimum Gasteiger partial charge on any atom is -0.325 e. The zero-order chi connectivity index (χ0) is 12.8. The van der Waals surface area contributed by atoms with Crippen LogP contribution in [-0.4, -0.2) is 35.5 Å². The molecule has 0 aromatic heterocycles. The summed E-state index contributed by atoms with van der Waals surface area (Å²) in [4.78, 5) is 16.3. The molecule has 1 saturated heterocycles. The van der Waals surface area contributed by atoms with Gasteiger partial charge in [0.2, 0.25) is 0 Å². The fourth-order valence-corrected chi connectivity index (χ4v) is 2.40. The van der Waals surface area contributed by atoms with Crippen LogP contribution in [0, 0.1) is 0 Å². The summed E-state index contributed by atoms with van der Waals surface area (Å²) in [5, 5.41) is 0. The number of piperidine rings is 1. The molecule has 0 saturated carbocycles. The first-order valence-electron chi connectivity index (χ1n) is 6.89. The van der Waals surface area contributed by atoms with Gasteiger partial charge >= 0.3 is 6.03 Å². The molecular weight excluding hydrogens is 224 g/mol. The van der Waals surface area contributed by atoms with Crippen molar-refractivity contribution in [1.29, 1.82) is 0 Å². The van der Waals surface area contributed by atoms with E-state index in [4.69, 9.17) is 0 Å². The molecule has 0 N–H and O–H groups in total. The fourth-order valence-electron chi connectivity index (χ4n) is 2.40. The molecule has 0 spiro atoms. The van der Waals surface area contributed by atoms with Crippen LogP contribution >= 0.6 is 0 Å². The Morgan fingerprint density at radius 2 is 1.83 bits per heavy atom. The van der Waals surface area contributed by atoms with Gasteiger partial charge in [0, 0.05) is 26.2 Å². The van der Waals surface area contributed by atoms with Crippen molar-refractivity contribution >= 4 is 6.03 Å². The molecule has 1 aliphatic rings. The Kier molecular flexibility index (Phi) is 4.62. The highest BCUT2D eigenvalue weighted by atomic mass is 16.2. The Morgan fingerprint density at radius 1 is 1.17 bits per heavy atom. The van der Waals surface area contributed by atoms with E-state index in [1.54, 1.807) is 0 Å². The highest BCUT2D eigenvalue weighted by molar-refractivity contribution is 5.74. The number of carbonyl (C=O) groups excluding carboxylic acids is 1. The first-order valence-corrected chi connectivity index (χ1v) is 6.89. The summed E-state index contributed by atoms with van der Waals surface area (Å²) in [6.45, 7) is 5.37. The van der Waals surface area contributed by atoms with E-state index in [1.807, 2.05) is 34.9 Å². The number of urea groups is 1. The third-order valence-electron chi connectivity index (χ3n) is 3.50. The first-order chi connectivity index (χ1) is 8.81. The first kappa shape index (κ1) is 12.9. The minimum atomic E-state index is 0.195. The van der Waals surface area contributed by atoms with Gasteiger partial charge in [0.25, 0.3) is 0 Å². The van der Waals surface area contributed by atoms with Gasteiger partial charge < -0.3 is 9.80 Å². The second-order valence-electron chi connectivity index (χ2n) is 4.83. The summed E-state index contributed by atoms with van der Waals surface area (Å²) in [6, 6.07) is 10.4. The zero-order valence-corrected chi connectivity index (χ0v) is 11.1. The highest BCUT2D eigenvalue weighted by Crippen LogP contribution is 2.13. The molecule has 1 aliphatic heterocycles. The molecule has 2 amide bonds. The van der Waals surface area contributed by atoms with Crippen molar-refractivity contribution in [2.75, 3.05) is 19.6 Å². The Balaban J connectivity index is 1.97. The molecule has 98 valence electrons. The molecule has 0 atom stereocenters. The van der Waals surface area contributed by atoms with Crippen LogP contribution in [0.1, 0.15) is 31.7 Å². The van der Waals surface area contributed by atoms with E-state index in [-0.39, 0.29) is 6.03 Å². The van der Waals surface area contributed by atoms with Crippen molar-refractivity contribution in [3.05, 3.63) is 35.9 Å². The second-order valence-corrected chi connectivity index (χ2v) is 4.83. The molecule has 2 rings (SSSR count). The van der Waals surface area contributed by atoms with Crippen molar-refractivity contribution in [1.82, 2.24) is 9.80 Å². The Bertz CT molecular complexity index is 371. The number of rotatable bonds is 3. The van der Waals surface area contributed by atoms with Crippen molar-refractivity contribution in [3.63, 3.8) is 0 Å². The van der Waals surface area contributed by atoms with Gasteiger partial charge in [-0.15, -0.1) is 0 Å². The van der Waals surface area contributed by atoms with Crippen LogP contribution in [-0.2, 0) is 6.54 Å². The molecule has 1 aromatic carbocycles. The van der Waals surface area contributed by atoms with Gasteiger partial charge in [0.05, 0.1) is 0 Å². The molecule has 0 aliphatic carbocycles. The van der Waals surface area contributed by atoms with Crippen molar-refractivity contribution in [2.24, 2.45) is 0 Å². The average molecular weight is 246 g/mol. The van der Waals surface area contributed by atoms with Gasteiger partial charge in [0.1, 0.15) is 0 Å². The maximum atomic E-state index is 12.4. The van der Waals surface area contributed by atoms with Crippen molar-refractivity contribution in [3.8, 4) is 0 Å². The average Bonchev–Trinajstić information content (AvgIpc) is 2.46. The van der Waals surface area contributed by atoms with E-state index >= 15 is 0 Å². The van der Waals surface area contributed by atoms with Gasteiger partial charge in [-0.2, -0.15) is 0 Å². The number of benzene rings is 1. The SMILES string of the molecule is CCN(Cc1ccccc1)C(=O)N1CCCCC1. The predicted molar refractivity (Wildman–Crippen MR) is 73.3 cm³/mol. The van der Waals surface area contributed by atoms with Crippen molar-refractivity contribution in [2.45, 2.75) is 32.7 Å². The number of carbonyl (C=O) groups is 1. The van der Waals surface area contributed by atoms with Crippen molar-refractivity contribution < 1.29 is 4.79 Å². The Labute approximate surface area is 109 Å². The van der Waals surface area contributed by atoms with Crippen LogP contribution in [0.3, 0.4) is 0 Å². The molecule has 18 heavy (non-hydrogen) atoms. The number of hydrogen-bond donors (Lipinski definition) is 0. The van der Waals surface area contributed by atoms with Crippen LogP contribution < -0.4 is 0 Å². The summed E-state index contributed by atoms with van der Waals surface area (Å²) >= 11 is 0. The minimum absolute atomic E-state index is 0.195. The maximum absolute atomic E-state index is 12.4.